The van der Waals surface area contributed by atoms with E-state index < -0.39 is 11.9 Å². The lowest BCUT2D eigenvalue weighted by Gasteiger charge is -2.31. The van der Waals surface area contributed by atoms with Crippen molar-refractivity contribution in [1.82, 2.24) is 0 Å². The van der Waals surface area contributed by atoms with Crippen molar-refractivity contribution >= 4 is 35.5 Å². The quantitative estimate of drug-likeness (QED) is 0.111. The van der Waals surface area contributed by atoms with Gasteiger partial charge in [0.25, 0.3) is 0 Å². The number of carbonyl (C=O) groups is 2. The highest BCUT2D eigenvalue weighted by atomic mass is 32.2. The third-order valence-corrected chi connectivity index (χ3v) is 10.0. The molecule has 0 aromatic heterocycles. The summed E-state index contributed by atoms with van der Waals surface area (Å²) in [4.78, 5) is 26.0. The minimum absolute atomic E-state index is 0.0592. The van der Waals surface area contributed by atoms with Gasteiger partial charge >= 0.3 is 11.9 Å². The molecule has 2 aromatic carbocycles. The van der Waals surface area contributed by atoms with E-state index in [1.54, 1.807) is 23.5 Å². The normalized spacial score (nSPS) is 13.6. The van der Waals surface area contributed by atoms with Crippen molar-refractivity contribution in [3.05, 3.63) is 46.5 Å². The van der Waals surface area contributed by atoms with E-state index in [0.29, 0.717) is 11.5 Å². The summed E-state index contributed by atoms with van der Waals surface area (Å²) in [6.07, 6.45) is 1.17. The predicted molar refractivity (Wildman–Crippen MR) is 182 cm³/mol. The molecule has 2 aromatic rings. The summed E-state index contributed by atoms with van der Waals surface area (Å²) in [5.41, 5.74) is 2.94. The molecule has 2 rings (SSSR count). The maximum Gasteiger partial charge on any atom is 0.311 e. The van der Waals surface area contributed by atoms with Crippen LogP contribution in [0.2, 0.25) is 0 Å². The number of rotatable bonds is 11. The molecule has 0 bridgehead atoms. The van der Waals surface area contributed by atoms with Crippen molar-refractivity contribution in [2.45, 2.75) is 152 Å². The Balaban J connectivity index is 2.52. The molecule has 0 heterocycles. The number of hydrogen-bond acceptors (Lipinski definition) is 6. The van der Waals surface area contributed by atoms with Crippen LogP contribution < -0.4 is 4.74 Å². The third kappa shape index (κ3) is 10.2. The molecular weight excluding hydrogens is 577 g/mol. The zero-order chi connectivity index (χ0) is 33.1. The number of phenols is 1. The number of hydrogen-bond donors (Lipinski definition) is 2. The average molecular weight is 631 g/mol. The molecule has 240 valence electrons. The van der Waals surface area contributed by atoms with Gasteiger partial charge in [-0.1, -0.05) is 83.1 Å². The molecule has 0 aliphatic heterocycles. The Morgan fingerprint density at radius 1 is 0.744 bits per heavy atom. The van der Waals surface area contributed by atoms with E-state index in [9.17, 15) is 14.7 Å². The number of phenolic OH excluding ortho intramolecular Hbond substituents is 1. The van der Waals surface area contributed by atoms with Gasteiger partial charge in [-0.15, -0.1) is 23.5 Å². The molecule has 0 spiro atoms. The first kappa shape index (κ1) is 37.1. The molecule has 43 heavy (non-hydrogen) atoms. The van der Waals surface area contributed by atoms with Gasteiger partial charge in [0.05, 0.1) is 4.58 Å². The first-order valence-electron chi connectivity index (χ1n) is 15.3. The Morgan fingerprint density at radius 2 is 1.16 bits per heavy atom. The summed E-state index contributed by atoms with van der Waals surface area (Å²) in [5.74, 6) is -0.333. The molecule has 5 nitrogen and oxygen atoms in total. The number of carboxylic acid groups (broad SMARTS) is 1. The number of esters is 1. The second kappa shape index (κ2) is 13.9. The SMILES string of the molecule is CCC(C)(C)c1cc(SC(C)Sc2cc(C(C)(C)C)c(OC(=O)CCCC(=O)O)c(C(C)(C)C)c2)cc(C(C)(C)C)c1O. The van der Waals surface area contributed by atoms with Crippen LogP contribution in [0.25, 0.3) is 0 Å². The van der Waals surface area contributed by atoms with E-state index in [1.807, 2.05) is 0 Å². The van der Waals surface area contributed by atoms with E-state index in [4.69, 9.17) is 9.84 Å². The van der Waals surface area contributed by atoms with E-state index >= 15 is 0 Å². The number of benzene rings is 2. The van der Waals surface area contributed by atoms with Gasteiger partial charge in [-0.05, 0) is 65.7 Å². The molecule has 0 radical (unpaired) electrons. The minimum Gasteiger partial charge on any atom is -0.507 e. The Labute approximate surface area is 269 Å². The third-order valence-electron chi connectivity index (χ3n) is 7.77. The predicted octanol–water partition coefficient (Wildman–Crippen LogP) is 10.4. The van der Waals surface area contributed by atoms with Crippen molar-refractivity contribution in [3.63, 3.8) is 0 Å². The molecule has 0 aliphatic carbocycles. The van der Waals surface area contributed by atoms with Crippen molar-refractivity contribution in [1.29, 1.82) is 0 Å². The van der Waals surface area contributed by atoms with Gasteiger partial charge in [0.15, 0.2) is 0 Å². The van der Waals surface area contributed by atoms with Gasteiger partial charge in [-0.25, -0.2) is 0 Å². The molecule has 1 atom stereocenters. The van der Waals surface area contributed by atoms with Crippen LogP contribution in [-0.4, -0.2) is 26.7 Å². The van der Waals surface area contributed by atoms with Crippen molar-refractivity contribution in [2.75, 3.05) is 0 Å². The zero-order valence-corrected chi connectivity index (χ0v) is 30.3. The van der Waals surface area contributed by atoms with E-state index in [0.717, 1.165) is 38.5 Å². The van der Waals surface area contributed by atoms with Gasteiger partial charge < -0.3 is 14.9 Å². The fraction of sp³-hybridized carbons (Fsp3) is 0.611. The first-order chi connectivity index (χ1) is 19.5. The van der Waals surface area contributed by atoms with Crippen molar-refractivity contribution in [3.8, 4) is 11.5 Å². The van der Waals surface area contributed by atoms with Gasteiger partial charge in [0.1, 0.15) is 11.5 Å². The molecule has 1 unspecified atom stereocenters. The highest BCUT2D eigenvalue weighted by Crippen LogP contribution is 2.47. The van der Waals surface area contributed by atoms with E-state index in [1.165, 1.54) is 0 Å². The number of thioether (sulfide) groups is 2. The molecule has 0 saturated heterocycles. The summed E-state index contributed by atoms with van der Waals surface area (Å²) in [7, 11) is 0. The van der Waals surface area contributed by atoms with Crippen LogP contribution in [0.3, 0.4) is 0 Å². The monoisotopic (exact) mass is 630 g/mol. The summed E-state index contributed by atoms with van der Waals surface area (Å²) < 4.78 is 6.18. The minimum atomic E-state index is -0.917. The summed E-state index contributed by atoms with van der Waals surface area (Å²) in [5, 5.41) is 20.3. The zero-order valence-electron chi connectivity index (χ0n) is 28.7. The Morgan fingerprint density at radius 3 is 1.56 bits per heavy atom. The number of carboxylic acids is 1. The molecule has 7 heteroatoms. The maximum absolute atomic E-state index is 12.8. The Hall–Kier alpha value is -2.12. The van der Waals surface area contributed by atoms with Gasteiger partial charge in [-0.2, -0.15) is 0 Å². The van der Waals surface area contributed by atoms with Crippen LogP contribution in [0, 0.1) is 0 Å². The largest absolute Gasteiger partial charge is 0.507 e. The summed E-state index contributed by atoms with van der Waals surface area (Å²) in [6, 6.07) is 8.57. The maximum atomic E-state index is 12.8. The molecule has 2 N–H and O–H groups in total. The van der Waals surface area contributed by atoms with Gasteiger partial charge in [0, 0.05) is 44.9 Å². The van der Waals surface area contributed by atoms with Gasteiger partial charge in [-0.3, -0.25) is 9.59 Å². The number of aliphatic carboxylic acids is 1. The lowest BCUT2D eigenvalue weighted by Crippen LogP contribution is -2.22. The molecule has 0 aliphatic rings. The standard InChI is InChI=1S/C36H54O5S2/c1-14-36(12,13)26-19-23(18-25(31(26)40)33(3,4)5)42-22(2)43-24-20-27(34(6,7)8)32(28(21-24)35(9,10)11)41-30(39)17-15-16-29(37)38/h18-22,40H,14-17H2,1-13H3,(H,37,38). The molecule has 0 saturated carbocycles. The number of ether oxygens (including phenoxy) is 1. The first-order valence-corrected chi connectivity index (χ1v) is 17.1. The molecular formula is C36H54O5S2. The van der Waals surface area contributed by atoms with Crippen LogP contribution in [0.1, 0.15) is 138 Å². The molecule has 0 fully saturated rings. The summed E-state index contributed by atoms with van der Waals surface area (Å²) in [6.45, 7) is 27.8. The van der Waals surface area contributed by atoms with E-state index in [2.05, 4.69) is 114 Å². The van der Waals surface area contributed by atoms with Crippen molar-refractivity contribution < 1.29 is 24.5 Å². The Bertz CT molecular complexity index is 1270. The second-order valence-corrected chi connectivity index (χ2v) is 18.4. The highest BCUT2D eigenvalue weighted by Gasteiger charge is 2.31. The smallest absolute Gasteiger partial charge is 0.311 e. The topological polar surface area (TPSA) is 83.8 Å². The fourth-order valence-electron chi connectivity index (χ4n) is 4.80. The lowest BCUT2D eigenvalue weighted by atomic mass is 9.77. The number of aromatic hydroxyl groups is 1. The van der Waals surface area contributed by atoms with Crippen LogP contribution in [0.15, 0.2) is 34.1 Å². The van der Waals surface area contributed by atoms with Crippen LogP contribution in [-0.2, 0) is 31.2 Å². The fourth-order valence-corrected chi connectivity index (χ4v) is 7.17. The second-order valence-electron chi connectivity index (χ2n) is 15.2. The van der Waals surface area contributed by atoms with Crippen molar-refractivity contribution in [2.24, 2.45) is 0 Å². The van der Waals surface area contributed by atoms with Crippen LogP contribution in [0.4, 0.5) is 0 Å². The molecule has 0 amide bonds. The van der Waals surface area contributed by atoms with Crippen LogP contribution in [0.5, 0.6) is 11.5 Å². The van der Waals surface area contributed by atoms with E-state index in [-0.39, 0.29) is 45.5 Å². The number of carbonyl (C=O) groups excluding carboxylic acids is 1. The Kier molecular flexibility index (Phi) is 12.0. The average Bonchev–Trinajstić information content (AvgIpc) is 2.83. The van der Waals surface area contributed by atoms with Crippen LogP contribution >= 0.6 is 23.5 Å². The highest BCUT2D eigenvalue weighted by molar-refractivity contribution is 8.17. The summed E-state index contributed by atoms with van der Waals surface area (Å²) >= 11 is 3.56. The van der Waals surface area contributed by atoms with Gasteiger partial charge in [0.2, 0.25) is 0 Å². The lowest BCUT2D eigenvalue weighted by molar-refractivity contribution is -0.137.